The second kappa shape index (κ2) is 13.2. The van der Waals surface area contributed by atoms with Gasteiger partial charge in [-0.1, -0.05) is 69.0 Å². The van der Waals surface area contributed by atoms with Gasteiger partial charge >= 0.3 is 0 Å². The number of carbonyl (C=O) groups excluding carboxylic acids is 2. The lowest BCUT2D eigenvalue weighted by atomic mass is 10.1. The Labute approximate surface area is 248 Å². The first-order valence-electron chi connectivity index (χ1n) is 12.2. The number of hydrogen-bond acceptors (Lipinski definition) is 4. The Bertz CT molecular complexity index is 1450. The largest absolute Gasteiger partial charge is 0.352 e. The fourth-order valence-corrected chi connectivity index (χ4v) is 6.16. The van der Waals surface area contributed by atoms with Crippen LogP contribution in [-0.2, 0) is 26.2 Å². The first kappa shape index (κ1) is 30.9. The van der Waals surface area contributed by atoms with Gasteiger partial charge in [-0.15, -0.1) is 0 Å². The number of nitrogens with one attached hydrogen (secondary N) is 1. The van der Waals surface area contributed by atoms with E-state index in [2.05, 4.69) is 21.2 Å². The number of benzene rings is 3. The highest BCUT2D eigenvalue weighted by molar-refractivity contribution is 9.10. The summed E-state index contributed by atoms with van der Waals surface area (Å²) >= 11 is 16.1. The standard InChI is InChI=1S/C28H30BrCl2N3O4S/c1-18(2)32-28(36)20(4)33(16-21-6-5-7-22(29)14-21)27(35)17-34(26-15-23(30)10-13-25(26)31)39(37,38)24-11-8-19(3)9-12-24/h5-15,18,20H,16-17H2,1-4H3,(H,32,36)/t20-/m0/s1. The van der Waals surface area contributed by atoms with Gasteiger partial charge < -0.3 is 10.2 Å². The van der Waals surface area contributed by atoms with Gasteiger partial charge in [0.15, 0.2) is 0 Å². The number of sulfonamides is 1. The number of halogens is 3. The average molecular weight is 655 g/mol. The van der Waals surface area contributed by atoms with E-state index in [1.165, 1.54) is 35.2 Å². The zero-order chi connectivity index (χ0) is 28.9. The van der Waals surface area contributed by atoms with E-state index in [0.717, 1.165) is 19.9 Å². The molecule has 208 valence electrons. The van der Waals surface area contributed by atoms with E-state index in [9.17, 15) is 18.0 Å². The van der Waals surface area contributed by atoms with Gasteiger partial charge in [-0.3, -0.25) is 13.9 Å². The molecule has 2 amide bonds. The van der Waals surface area contributed by atoms with E-state index in [-0.39, 0.29) is 39.1 Å². The summed E-state index contributed by atoms with van der Waals surface area (Å²) in [5.41, 5.74) is 1.69. The van der Waals surface area contributed by atoms with Crippen LogP contribution in [0.5, 0.6) is 0 Å². The maximum atomic E-state index is 13.9. The molecule has 1 N–H and O–H groups in total. The van der Waals surface area contributed by atoms with Crippen molar-refractivity contribution in [3.05, 3.63) is 92.4 Å². The third-order valence-electron chi connectivity index (χ3n) is 5.90. The molecule has 39 heavy (non-hydrogen) atoms. The quantitative estimate of drug-likeness (QED) is 0.282. The molecule has 3 rings (SSSR count). The molecule has 0 saturated carbocycles. The van der Waals surface area contributed by atoms with E-state index in [0.29, 0.717) is 0 Å². The second-order valence-electron chi connectivity index (χ2n) is 9.41. The fraction of sp³-hybridized carbons (Fsp3) is 0.286. The predicted octanol–water partition coefficient (Wildman–Crippen LogP) is 6.20. The first-order chi connectivity index (χ1) is 18.3. The number of carbonyl (C=O) groups is 2. The fourth-order valence-electron chi connectivity index (χ4n) is 3.85. The summed E-state index contributed by atoms with van der Waals surface area (Å²) in [5.74, 6) is -0.949. The zero-order valence-corrected chi connectivity index (χ0v) is 25.9. The van der Waals surface area contributed by atoms with Crippen molar-refractivity contribution in [3.63, 3.8) is 0 Å². The van der Waals surface area contributed by atoms with Crippen LogP contribution in [0.4, 0.5) is 5.69 Å². The second-order valence-corrected chi connectivity index (χ2v) is 13.0. The van der Waals surface area contributed by atoms with E-state index >= 15 is 0 Å². The maximum absolute atomic E-state index is 13.9. The van der Waals surface area contributed by atoms with Gasteiger partial charge in [-0.2, -0.15) is 0 Å². The molecule has 11 heteroatoms. The molecule has 0 aliphatic carbocycles. The molecule has 7 nitrogen and oxygen atoms in total. The summed E-state index contributed by atoms with van der Waals surface area (Å²) < 4.78 is 29.5. The van der Waals surface area contributed by atoms with Crippen LogP contribution >= 0.6 is 39.1 Å². The van der Waals surface area contributed by atoms with Gasteiger partial charge in [-0.05, 0) is 75.7 Å². The summed E-state index contributed by atoms with van der Waals surface area (Å²) in [6, 6.07) is 17.0. The normalized spacial score (nSPS) is 12.2. The number of rotatable bonds is 10. The van der Waals surface area contributed by atoms with Gasteiger partial charge in [-0.25, -0.2) is 8.42 Å². The van der Waals surface area contributed by atoms with Crippen molar-refractivity contribution in [2.45, 2.75) is 51.2 Å². The van der Waals surface area contributed by atoms with Crippen molar-refractivity contribution < 1.29 is 18.0 Å². The van der Waals surface area contributed by atoms with Crippen LogP contribution in [0.25, 0.3) is 0 Å². The van der Waals surface area contributed by atoms with Crippen molar-refractivity contribution >= 4 is 66.7 Å². The highest BCUT2D eigenvalue weighted by atomic mass is 79.9. The van der Waals surface area contributed by atoms with Crippen LogP contribution in [0.3, 0.4) is 0 Å². The third kappa shape index (κ3) is 7.97. The molecular weight excluding hydrogens is 625 g/mol. The molecule has 0 spiro atoms. The Morgan fingerprint density at radius 3 is 2.26 bits per heavy atom. The SMILES string of the molecule is Cc1ccc(S(=O)(=O)N(CC(=O)N(Cc2cccc(Br)c2)[C@@H](C)C(=O)NC(C)C)c2cc(Cl)ccc2Cl)cc1. The van der Waals surface area contributed by atoms with E-state index < -0.39 is 28.5 Å². The molecule has 0 aromatic heterocycles. The molecule has 0 unspecified atom stereocenters. The van der Waals surface area contributed by atoms with Gasteiger partial charge in [0.1, 0.15) is 12.6 Å². The van der Waals surface area contributed by atoms with Crippen molar-refractivity contribution in [3.8, 4) is 0 Å². The lowest BCUT2D eigenvalue weighted by Crippen LogP contribution is -2.52. The summed E-state index contributed by atoms with van der Waals surface area (Å²) in [4.78, 5) is 28.2. The molecule has 0 aliphatic heterocycles. The summed E-state index contributed by atoms with van der Waals surface area (Å²) in [6.45, 7) is 6.56. The van der Waals surface area contributed by atoms with Crippen LogP contribution in [0.15, 0.2) is 76.1 Å². The molecule has 0 saturated heterocycles. The van der Waals surface area contributed by atoms with Crippen LogP contribution in [0, 0.1) is 6.92 Å². The lowest BCUT2D eigenvalue weighted by Gasteiger charge is -2.32. The van der Waals surface area contributed by atoms with Gasteiger partial charge in [0, 0.05) is 22.1 Å². The van der Waals surface area contributed by atoms with Crippen molar-refractivity contribution in [1.29, 1.82) is 0 Å². The lowest BCUT2D eigenvalue weighted by molar-refractivity contribution is -0.139. The Morgan fingerprint density at radius 1 is 0.974 bits per heavy atom. The molecule has 0 heterocycles. The monoisotopic (exact) mass is 653 g/mol. The molecule has 0 aliphatic rings. The number of amides is 2. The van der Waals surface area contributed by atoms with E-state index in [4.69, 9.17) is 23.2 Å². The Kier molecular flexibility index (Phi) is 10.5. The van der Waals surface area contributed by atoms with Crippen molar-refractivity contribution in [2.75, 3.05) is 10.8 Å². The molecule has 3 aromatic rings. The Hall–Kier alpha value is -2.59. The minimum Gasteiger partial charge on any atom is -0.352 e. The van der Waals surface area contributed by atoms with E-state index in [1.54, 1.807) is 19.1 Å². The van der Waals surface area contributed by atoms with Crippen LogP contribution < -0.4 is 9.62 Å². The van der Waals surface area contributed by atoms with E-state index in [1.807, 2.05) is 45.0 Å². The minimum atomic E-state index is -4.25. The highest BCUT2D eigenvalue weighted by Crippen LogP contribution is 2.33. The Balaban J connectivity index is 2.08. The number of hydrogen-bond donors (Lipinski definition) is 1. The van der Waals surface area contributed by atoms with Crippen molar-refractivity contribution in [2.24, 2.45) is 0 Å². The molecule has 0 fully saturated rings. The molecule has 3 aromatic carbocycles. The summed E-state index contributed by atoms with van der Waals surface area (Å²) in [5, 5.41) is 3.18. The maximum Gasteiger partial charge on any atom is 0.264 e. The smallest absolute Gasteiger partial charge is 0.264 e. The highest BCUT2D eigenvalue weighted by Gasteiger charge is 2.33. The number of anilines is 1. The third-order valence-corrected chi connectivity index (χ3v) is 8.73. The topological polar surface area (TPSA) is 86.8 Å². The number of nitrogens with zero attached hydrogens (tertiary/aromatic N) is 2. The van der Waals surface area contributed by atoms with Crippen LogP contribution in [-0.4, -0.2) is 43.8 Å². The predicted molar refractivity (Wildman–Crippen MR) is 160 cm³/mol. The average Bonchev–Trinajstić information content (AvgIpc) is 2.86. The van der Waals surface area contributed by atoms with Gasteiger partial charge in [0.2, 0.25) is 11.8 Å². The van der Waals surface area contributed by atoms with Crippen LogP contribution in [0.2, 0.25) is 10.0 Å². The summed E-state index contributed by atoms with van der Waals surface area (Å²) in [7, 11) is -4.25. The zero-order valence-electron chi connectivity index (χ0n) is 22.0. The van der Waals surface area contributed by atoms with Crippen molar-refractivity contribution in [1.82, 2.24) is 10.2 Å². The molecule has 0 bridgehead atoms. The van der Waals surface area contributed by atoms with Crippen LogP contribution in [0.1, 0.15) is 31.9 Å². The summed E-state index contributed by atoms with van der Waals surface area (Å²) in [6.07, 6.45) is 0. The molecular formula is C28H30BrCl2N3O4S. The minimum absolute atomic E-state index is 0.0129. The number of aryl methyl sites for hydroxylation is 1. The first-order valence-corrected chi connectivity index (χ1v) is 15.2. The van der Waals surface area contributed by atoms with Gasteiger partial charge in [0.25, 0.3) is 10.0 Å². The Morgan fingerprint density at radius 2 is 1.64 bits per heavy atom. The molecule has 1 atom stereocenters. The molecule has 0 radical (unpaired) electrons. The van der Waals surface area contributed by atoms with Gasteiger partial charge in [0.05, 0.1) is 15.6 Å².